The van der Waals surface area contributed by atoms with Gasteiger partial charge in [-0.2, -0.15) is 0 Å². The third kappa shape index (κ3) is 2.44. The zero-order valence-electron chi connectivity index (χ0n) is 9.24. The van der Waals surface area contributed by atoms with Gasteiger partial charge in [-0.25, -0.2) is 4.99 Å². The number of methoxy groups -OCH3 is 1. The van der Waals surface area contributed by atoms with Crippen LogP contribution in [0.15, 0.2) is 23.2 Å². The van der Waals surface area contributed by atoms with E-state index in [9.17, 15) is 0 Å². The maximum atomic E-state index is 6.12. The lowest BCUT2D eigenvalue weighted by molar-refractivity contribution is 0.415. The summed E-state index contributed by atoms with van der Waals surface area (Å²) in [6.45, 7) is 1.04. The van der Waals surface area contributed by atoms with Crippen LogP contribution in [0.5, 0.6) is 5.75 Å². The highest BCUT2D eigenvalue weighted by Gasteiger charge is 2.15. The van der Waals surface area contributed by atoms with Gasteiger partial charge in [0.15, 0.2) is 5.17 Å². The fourth-order valence-corrected chi connectivity index (χ4v) is 2.64. The van der Waals surface area contributed by atoms with Crippen LogP contribution < -0.4 is 4.74 Å². The van der Waals surface area contributed by atoms with E-state index < -0.39 is 0 Å². The summed E-state index contributed by atoms with van der Waals surface area (Å²) in [4.78, 5) is 6.66. The Kier molecular flexibility index (Phi) is 3.61. The van der Waals surface area contributed by atoms with Gasteiger partial charge in [0.05, 0.1) is 17.8 Å². The van der Waals surface area contributed by atoms with Gasteiger partial charge in [0.2, 0.25) is 0 Å². The smallest absolute Gasteiger partial charge is 0.164 e. The van der Waals surface area contributed by atoms with Crippen molar-refractivity contribution in [3.05, 3.63) is 23.2 Å². The van der Waals surface area contributed by atoms with Crippen molar-refractivity contribution in [2.75, 3.05) is 26.5 Å². The largest absolute Gasteiger partial charge is 0.497 e. The van der Waals surface area contributed by atoms with E-state index in [-0.39, 0.29) is 0 Å². The summed E-state index contributed by atoms with van der Waals surface area (Å²) in [5, 5.41) is 1.64. The Hall–Kier alpha value is -0.870. The summed E-state index contributed by atoms with van der Waals surface area (Å²) in [6.07, 6.45) is 0. The minimum Gasteiger partial charge on any atom is -0.497 e. The first kappa shape index (κ1) is 11.6. The summed E-state index contributed by atoms with van der Waals surface area (Å²) in [5.74, 6) is 1.84. The standard InChI is InChI=1S/C11H13ClN2OS/c1-14-5-6-16-11(14)13-10-4-3-8(15-2)7-9(10)12/h3-4,7H,5-6H2,1-2H3. The van der Waals surface area contributed by atoms with Crippen molar-refractivity contribution in [1.82, 2.24) is 4.90 Å². The molecule has 1 saturated heterocycles. The number of ether oxygens (including phenoxy) is 1. The summed E-state index contributed by atoms with van der Waals surface area (Å²) < 4.78 is 5.09. The summed E-state index contributed by atoms with van der Waals surface area (Å²) in [6, 6.07) is 5.52. The van der Waals surface area contributed by atoms with E-state index in [1.165, 1.54) is 0 Å². The van der Waals surface area contributed by atoms with Gasteiger partial charge in [-0.15, -0.1) is 0 Å². The summed E-state index contributed by atoms with van der Waals surface area (Å²) in [7, 11) is 3.66. The minimum atomic E-state index is 0.618. The number of rotatable bonds is 2. The second-order valence-corrected chi connectivity index (χ2v) is 4.95. The number of aliphatic imine (C=N–C) groups is 1. The molecule has 0 N–H and O–H groups in total. The molecule has 0 aromatic heterocycles. The predicted molar refractivity (Wildman–Crippen MR) is 70.2 cm³/mol. The number of hydrogen-bond acceptors (Lipinski definition) is 3. The molecule has 16 heavy (non-hydrogen) atoms. The molecule has 0 amide bonds. The van der Waals surface area contributed by atoms with Gasteiger partial charge in [-0.05, 0) is 12.1 Å². The number of halogens is 1. The van der Waals surface area contributed by atoms with Gasteiger partial charge in [-0.1, -0.05) is 23.4 Å². The Bertz CT molecular complexity index is 422. The molecule has 3 nitrogen and oxygen atoms in total. The fraction of sp³-hybridized carbons (Fsp3) is 0.364. The molecule has 0 atom stereocenters. The average molecular weight is 257 g/mol. The third-order valence-corrected chi connectivity index (χ3v) is 3.71. The Morgan fingerprint density at radius 2 is 2.31 bits per heavy atom. The molecule has 1 fully saturated rings. The van der Waals surface area contributed by atoms with E-state index in [0.29, 0.717) is 5.02 Å². The number of thioether (sulfide) groups is 1. The molecule has 0 radical (unpaired) electrons. The molecule has 2 rings (SSSR count). The monoisotopic (exact) mass is 256 g/mol. The quantitative estimate of drug-likeness (QED) is 0.813. The molecule has 1 aliphatic rings. The second kappa shape index (κ2) is 4.97. The van der Waals surface area contributed by atoms with Gasteiger partial charge in [0, 0.05) is 25.4 Å². The van der Waals surface area contributed by atoms with Crippen LogP contribution in [0.25, 0.3) is 0 Å². The maximum Gasteiger partial charge on any atom is 0.164 e. The number of hydrogen-bond donors (Lipinski definition) is 0. The molecule has 5 heteroatoms. The average Bonchev–Trinajstić information content (AvgIpc) is 2.67. The van der Waals surface area contributed by atoms with Crippen molar-refractivity contribution in [1.29, 1.82) is 0 Å². The minimum absolute atomic E-state index is 0.618. The molecule has 86 valence electrons. The molecule has 0 bridgehead atoms. The predicted octanol–water partition coefficient (Wildman–Crippen LogP) is 3.01. The maximum absolute atomic E-state index is 6.12. The van der Waals surface area contributed by atoms with Crippen LogP contribution in [-0.2, 0) is 0 Å². The van der Waals surface area contributed by atoms with Crippen LogP contribution >= 0.6 is 23.4 Å². The molecular weight excluding hydrogens is 244 g/mol. The molecule has 0 aliphatic carbocycles. The summed E-state index contributed by atoms with van der Waals surface area (Å²) >= 11 is 7.87. The highest BCUT2D eigenvalue weighted by molar-refractivity contribution is 8.14. The topological polar surface area (TPSA) is 24.8 Å². The summed E-state index contributed by atoms with van der Waals surface area (Å²) in [5.41, 5.74) is 0.790. The fourth-order valence-electron chi connectivity index (χ4n) is 1.41. The van der Waals surface area contributed by atoms with Crippen molar-refractivity contribution < 1.29 is 4.74 Å². The van der Waals surface area contributed by atoms with Gasteiger partial charge >= 0.3 is 0 Å². The lowest BCUT2D eigenvalue weighted by Crippen LogP contribution is -2.17. The van der Waals surface area contributed by atoms with Crippen LogP contribution in [0.4, 0.5) is 5.69 Å². The zero-order valence-corrected chi connectivity index (χ0v) is 10.8. The van der Waals surface area contributed by atoms with Crippen molar-refractivity contribution in [3.63, 3.8) is 0 Å². The highest BCUT2D eigenvalue weighted by Crippen LogP contribution is 2.31. The van der Waals surface area contributed by atoms with E-state index >= 15 is 0 Å². The van der Waals surface area contributed by atoms with Gasteiger partial charge in [0.1, 0.15) is 5.75 Å². The van der Waals surface area contributed by atoms with Crippen LogP contribution in [0.1, 0.15) is 0 Å². The number of nitrogens with zero attached hydrogens (tertiary/aromatic N) is 2. The van der Waals surface area contributed by atoms with Crippen LogP contribution in [0.2, 0.25) is 5.02 Å². The van der Waals surface area contributed by atoms with Crippen molar-refractivity contribution in [3.8, 4) is 5.75 Å². The normalized spacial score (nSPS) is 18.2. The molecule has 1 aromatic rings. The van der Waals surface area contributed by atoms with Gasteiger partial charge in [-0.3, -0.25) is 0 Å². The lowest BCUT2D eigenvalue weighted by Gasteiger charge is -2.10. The first-order valence-corrected chi connectivity index (χ1v) is 6.33. The Morgan fingerprint density at radius 1 is 1.50 bits per heavy atom. The molecule has 1 heterocycles. The van der Waals surface area contributed by atoms with E-state index in [2.05, 4.69) is 9.89 Å². The van der Waals surface area contributed by atoms with Crippen molar-refractivity contribution in [2.24, 2.45) is 4.99 Å². The first-order valence-electron chi connectivity index (χ1n) is 4.97. The van der Waals surface area contributed by atoms with E-state index in [1.54, 1.807) is 24.9 Å². The highest BCUT2D eigenvalue weighted by atomic mass is 35.5. The molecule has 0 saturated carbocycles. The van der Waals surface area contributed by atoms with Crippen LogP contribution in [0.3, 0.4) is 0 Å². The number of benzene rings is 1. The second-order valence-electron chi connectivity index (χ2n) is 3.48. The Balaban J connectivity index is 2.27. The molecule has 0 spiro atoms. The Morgan fingerprint density at radius 3 is 2.88 bits per heavy atom. The molecule has 1 aromatic carbocycles. The van der Waals surface area contributed by atoms with Crippen molar-refractivity contribution in [2.45, 2.75) is 0 Å². The first-order chi connectivity index (χ1) is 7.70. The third-order valence-electron chi connectivity index (χ3n) is 2.36. The molecule has 0 unspecified atom stereocenters. The Labute approximate surface area is 104 Å². The van der Waals surface area contributed by atoms with Gasteiger partial charge < -0.3 is 9.64 Å². The van der Waals surface area contributed by atoms with E-state index in [0.717, 1.165) is 28.9 Å². The molecular formula is C11H13ClN2OS. The van der Waals surface area contributed by atoms with Gasteiger partial charge in [0.25, 0.3) is 0 Å². The lowest BCUT2D eigenvalue weighted by atomic mass is 10.3. The van der Waals surface area contributed by atoms with Crippen LogP contribution in [0, 0.1) is 0 Å². The van der Waals surface area contributed by atoms with Crippen LogP contribution in [-0.4, -0.2) is 36.5 Å². The van der Waals surface area contributed by atoms with Crippen molar-refractivity contribution >= 4 is 34.2 Å². The SMILES string of the molecule is COc1ccc(N=C2SCCN2C)c(Cl)c1. The zero-order chi connectivity index (χ0) is 11.5. The molecule has 1 aliphatic heterocycles. The number of amidine groups is 1. The van der Waals surface area contributed by atoms with E-state index in [4.69, 9.17) is 16.3 Å². The van der Waals surface area contributed by atoms with E-state index in [1.807, 2.05) is 19.2 Å².